The first kappa shape index (κ1) is 14.0. The first-order valence-corrected chi connectivity index (χ1v) is 7.95. The highest BCUT2D eigenvalue weighted by molar-refractivity contribution is 7.89. The van der Waals surface area contributed by atoms with E-state index in [1.165, 1.54) is 12.1 Å². The van der Waals surface area contributed by atoms with Gasteiger partial charge in [0.2, 0.25) is 10.0 Å². The molecule has 0 atom stereocenters. The smallest absolute Gasteiger partial charge is 0.238 e. The van der Waals surface area contributed by atoms with Crippen LogP contribution in [-0.2, 0) is 16.6 Å². The van der Waals surface area contributed by atoms with Crippen LogP contribution in [0.2, 0.25) is 0 Å². The summed E-state index contributed by atoms with van der Waals surface area (Å²) in [6, 6.07) is 3.78. The van der Waals surface area contributed by atoms with Crippen LogP contribution in [0.5, 0.6) is 5.75 Å². The number of benzene rings is 1. The van der Waals surface area contributed by atoms with Crippen molar-refractivity contribution in [3.05, 3.63) is 42.2 Å². The lowest BCUT2D eigenvalue weighted by Gasteiger charge is -2.10. The van der Waals surface area contributed by atoms with Crippen LogP contribution in [0.1, 0.15) is 24.6 Å². The molecule has 0 spiro atoms. The summed E-state index contributed by atoms with van der Waals surface area (Å²) in [5.74, 6) is -0.787. The van der Waals surface area contributed by atoms with Gasteiger partial charge in [-0.2, -0.15) is 0 Å². The number of rotatable bonds is 5. The summed E-state index contributed by atoms with van der Waals surface area (Å²) >= 11 is 0. The molecule has 1 fully saturated rings. The molecule has 1 aliphatic carbocycles. The zero-order valence-corrected chi connectivity index (χ0v) is 11.9. The van der Waals surface area contributed by atoms with Crippen LogP contribution in [0.25, 0.3) is 0 Å². The zero-order chi connectivity index (χ0) is 15.0. The lowest BCUT2D eigenvalue weighted by atomic mass is 10.3. The van der Waals surface area contributed by atoms with Crippen molar-refractivity contribution in [3.8, 4) is 5.75 Å². The molecular weight excluding hydrogens is 297 g/mol. The Morgan fingerprint density at radius 2 is 2.19 bits per heavy atom. The highest BCUT2D eigenvalue weighted by atomic mass is 32.2. The van der Waals surface area contributed by atoms with Crippen LogP contribution >= 0.6 is 0 Å². The zero-order valence-electron chi connectivity index (χ0n) is 11.1. The van der Waals surface area contributed by atoms with Crippen molar-refractivity contribution < 1.29 is 17.5 Å². The number of nitrogens with two attached hydrogens (primary N) is 1. The molecule has 1 aromatic heterocycles. The Morgan fingerprint density at radius 3 is 2.81 bits per heavy atom. The molecule has 1 heterocycles. The van der Waals surface area contributed by atoms with Crippen LogP contribution < -0.4 is 9.88 Å². The maximum atomic E-state index is 13.8. The van der Waals surface area contributed by atoms with Crippen molar-refractivity contribution in [1.29, 1.82) is 0 Å². The van der Waals surface area contributed by atoms with Crippen molar-refractivity contribution in [3.63, 3.8) is 0 Å². The second-order valence-corrected chi connectivity index (χ2v) is 6.51. The average Bonchev–Trinajstić information content (AvgIpc) is 3.15. The van der Waals surface area contributed by atoms with E-state index in [1.54, 1.807) is 12.5 Å². The Labute approximate surface area is 121 Å². The fourth-order valence-corrected chi connectivity index (χ4v) is 2.58. The molecule has 0 amide bonds. The number of nitrogens with zero attached hydrogens (tertiary/aromatic N) is 2. The van der Waals surface area contributed by atoms with Crippen molar-refractivity contribution in [2.75, 3.05) is 0 Å². The lowest BCUT2D eigenvalue weighted by Crippen LogP contribution is -2.12. The molecule has 0 bridgehead atoms. The fourth-order valence-electron chi connectivity index (χ4n) is 2.05. The molecule has 0 unspecified atom stereocenters. The van der Waals surface area contributed by atoms with Crippen LogP contribution in [-0.4, -0.2) is 18.0 Å². The third-order valence-corrected chi connectivity index (χ3v) is 4.20. The van der Waals surface area contributed by atoms with Gasteiger partial charge in [-0.3, -0.25) is 0 Å². The molecule has 1 saturated carbocycles. The van der Waals surface area contributed by atoms with Crippen molar-refractivity contribution in [1.82, 2.24) is 9.55 Å². The highest BCUT2D eigenvalue weighted by Crippen LogP contribution is 2.35. The van der Waals surface area contributed by atoms with Gasteiger partial charge < -0.3 is 9.30 Å². The predicted octanol–water partition coefficient (Wildman–Crippen LogP) is 1.58. The van der Waals surface area contributed by atoms with Crippen LogP contribution in [0.15, 0.2) is 35.6 Å². The Kier molecular flexibility index (Phi) is 3.42. The van der Waals surface area contributed by atoms with Gasteiger partial charge in [-0.15, -0.1) is 0 Å². The third-order valence-electron chi connectivity index (χ3n) is 3.29. The van der Waals surface area contributed by atoms with E-state index < -0.39 is 15.8 Å². The van der Waals surface area contributed by atoms with Gasteiger partial charge >= 0.3 is 0 Å². The van der Waals surface area contributed by atoms with E-state index >= 15 is 0 Å². The quantitative estimate of drug-likeness (QED) is 0.908. The second kappa shape index (κ2) is 5.12. The number of imidazole rings is 1. The molecule has 0 aliphatic heterocycles. The van der Waals surface area contributed by atoms with Gasteiger partial charge in [0.25, 0.3) is 0 Å². The molecule has 8 heteroatoms. The monoisotopic (exact) mass is 311 g/mol. The number of hydrogen-bond donors (Lipinski definition) is 1. The number of halogens is 1. The molecule has 112 valence electrons. The molecule has 3 rings (SSSR count). The number of hydrogen-bond acceptors (Lipinski definition) is 4. The van der Waals surface area contributed by atoms with E-state index in [2.05, 4.69) is 4.98 Å². The molecule has 21 heavy (non-hydrogen) atoms. The fraction of sp³-hybridized carbons (Fsp3) is 0.308. The SMILES string of the molecule is NS(=O)(=O)c1ccc(OCc2cncn2C2CC2)c(F)c1. The molecule has 0 radical (unpaired) electrons. The summed E-state index contributed by atoms with van der Waals surface area (Å²) < 4.78 is 43.5. The molecule has 1 aromatic carbocycles. The predicted molar refractivity (Wildman–Crippen MR) is 72.6 cm³/mol. The summed E-state index contributed by atoms with van der Waals surface area (Å²) in [7, 11) is -3.92. The first-order chi connectivity index (χ1) is 9.95. The minimum absolute atomic E-state index is 0.0223. The minimum atomic E-state index is -3.92. The van der Waals surface area contributed by atoms with Gasteiger partial charge in [0.05, 0.1) is 23.1 Å². The van der Waals surface area contributed by atoms with Gasteiger partial charge in [-0.25, -0.2) is 22.9 Å². The minimum Gasteiger partial charge on any atom is -0.484 e. The average molecular weight is 311 g/mol. The van der Waals surface area contributed by atoms with Crippen molar-refractivity contribution in [2.45, 2.75) is 30.4 Å². The van der Waals surface area contributed by atoms with E-state index in [1.807, 2.05) is 4.57 Å². The van der Waals surface area contributed by atoms with Crippen molar-refractivity contribution in [2.24, 2.45) is 5.14 Å². The molecular formula is C13H14FN3O3S. The highest BCUT2D eigenvalue weighted by Gasteiger charge is 2.25. The van der Waals surface area contributed by atoms with E-state index in [-0.39, 0.29) is 17.3 Å². The Balaban J connectivity index is 1.74. The maximum absolute atomic E-state index is 13.8. The Hall–Kier alpha value is -1.93. The molecule has 2 N–H and O–H groups in total. The summed E-state index contributed by atoms with van der Waals surface area (Å²) in [6.45, 7) is 0.169. The number of aromatic nitrogens is 2. The summed E-state index contributed by atoms with van der Waals surface area (Å²) in [4.78, 5) is 3.78. The number of primary sulfonamides is 1. The topological polar surface area (TPSA) is 87.2 Å². The summed E-state index contributed by atoms with van der Waals surface area (Å²) in [5, 5.41) is 4.94. The normalized spacial score (nSPS) is 15.1. The molecule has 2 aromatic rings. The Morgan fingerprint density at radius 1 is 1.43 bits per heavy atom. The third kappa shape index (κ3) is 3.06. The van der Waals surface area contributed by atoms with Crippen LogP contribution in [0.3, 0.4) is 0 Å². The summed E-state index contributed by atoms with van der Waals surface area (Å²) in [6.07, 6.45) is 5.63. The largest absolute Gasteiger partial charge is 0.484 e. The van der Waals surface area contributed by atoms with Gasteiger partial charge in [0, 0.05) is 6.04 Å². The first-order valence-electron chi connectivity index (χ1n) is 6.41. The lowest BCUT2D eigenvalue weighted by molar-refractivity contribution is 0.280. The van der Waals surface area contributed by atoms with E-state index in [0.29, 0.717) is 6.04 Å². The second-order valence-electron chi connectivity index (χ2n) is 4.95. The van der Waals surface area contributed by atoms with E-state index in [4.69, 9.17) is 9.88 Å². The van der Waals surface area contributed by atoms with Gasteiger partial charge in [-0.05, 0) is 31.0 Å². The van der Waals surface area contributed by atoms with Crippen LogP contribution in [0, 0.1) is 5.82 Å². The molecule has 0 saturated heterocycles. The number of ether oxygens (including phenoxy) is 1. The van der Waals surface area contributed by atoms with Gasteiger partial charge in [0.1, 0.15) is 6.61 Å². The van der Waals surface area contributed by atoms with Gasteiger partial charge in [0.15, 0.2) is 11.6 Å². The molecule has 1 aliphatic rings. The van der Waals surface area contributed by atoms with Crippen LogP contribution in [0.4, 0.5) is 4.39 Å². The Bertz CT molecular complexity index is 769. The standard InChI is InChI=1S/C13H14FN3O3S/c14-12-5-11(21(15,18)19)3-4-13(12)20-7-10-6-16-8-17(10)9-1-2-9/h3-6,8-9H,1-2,7H2,(H2,15,18,19). The molecule has 6 nitrogen and oxygen atoms in total. The van der Waals surface area contributed by atoms with E-state index in [9.17, 15) is 12.8 Å². The maximum Gasteiger partial charge on any atom is 0.238 e. The van der Waals surface area contributed by atoms with Gasteiger partial charge in [-0.1, -0.05) is 0 Å². The number of sulfonamides is 1. The van der Waals surface area contributed by atoms with Crippen molar-refractivity contribution >= 4 is 10.0 Å². The summed E-state index contributed by atoms with van der Waals surface area (Å²) in [5.41, 5.74) is 0.854. The van der Waals surface area contributed by atoms with E-state index in [0.717, 1.165) is 24.6 Å².